The van der Waals surface area contributed by atoms with E-state index in [-0.39, 0.29) is 22.1 Å². The van der Waals surface area contributed by atoms with Gasteiger partial charge in [-0.15, -0.1) is 0 Å². The Morgan fingerprint density at radius 1 is 1.23 bits per heavy atom. The number of anilines is 2. The lowest BCUT2D eigenvalue weighted by Gasteiger charge is -2.14. The third kappa shape index (κ3) is 3.31. The first-order valence-corrected chi connectivity index (χ1v) is 6.62. The fourth-order valence-corrected chi connectivity index (χ4v) is 2.16. The molecule has 2 aromatic rings. The van der Waals surface area contributed by atoms with E-state index in [1.807, 2.05) is 6.07 Å². The molecule has 7 heteroatoms. The monoisotopic (exact) mass is 325 g/mol. The van der Waals surface area contributed by atoms with Gasteiger partial charge in [-0.1, -0.05) is 11.6 Å². The van der Waals surface area contributed by atoms with Crippen molar-refractivity contribution in [3.8, 4) is 6.07 Å². The van der Waals surface area contributed by atoms with Crippen LogP contribution < -0.4 is 5.32 Å². The topological polar surface area (TPSA) is 48.7 Å². The molecule has 1 aromatic carbocycles. The predicted molar refractivity (Wildman–Crippen MR) is 78.2 cm³/mol. The van der Waals surface area contributed by atoms with E-state index in [2.05, 4.69) is 10.3 Å². The van der Waals surface area contributed by atoms with Gasteiger partial charge in [0.2, 0.25) is 0 Å². The molecule has 0 fully saturated rings. The first kappa shape index (κ1) is 16.1. The van der Waals surface area contributed by atoms with Crippen LogP contribution in [0.15, 0.2) is 24.3 Å². The van der Waals surface area contributed by atoms with E-state index in [9.17, 15) is 18.4 Å². The number of hydrogen-bond acceptors (Lipinski definition) is 3. The smallest absolute Gasteiger partial charge is 0.338 e. The number of nitriles is 1. The summed E-state index contributed by atoms with van der Waals surface area (Å²) in [5.74, 6) is 0.182. The van der Waals surface area contributed by atoms with E-state index in [1.165, 1.54) is 0 Å². The maximum atomic E-state index is 12.8. The number of pyridine rings is 1. The van der Waals surface area contributed by atoms with Gasteiger partial charge < -0.3 is 5.32 Å². The fourth-order valence-electron chi connectivity index (χ4n) is 1.99. The number of nitrogens with one attached hydrogen (secondary N) is 1. The number of aromatic nitrogens is 1. The van der Waals surface area contributed by atoms with Crippen LogP contribution >= 0.6 is 11.6 Å². The molecule has 0 spiro atoms. The molecule has 0 saturated carbocycles. The predicted octanol–water partition coefficient (Wildman–Crippen LogP) is 4.99. The van der Waals surface area contributed by atoms with Crippen molar-refractivity contribution in [3.05, 3.63) is 51.7 Å². The zero-order valence-electron chi connectivity index (χ0n) is 11.7. The van der Waals surface area contributed by atoms with E-state index in [0.29, 0.717) is 11.3 Å². The molecule has 0 atom stereocenters. The number of rotatable bonds is 2. The fraction of sp³-hybridized carbons (Fsp3) is 0.200. The summed E-state index contributed by atoms with van der Waals surface area (Å²) < 4.78 is 38.3. The summed E-state index contributed by atoms with van der Waals surface area (Å²) in [6.45, 7) is 3.46. The normalized spacial score (nSPS) is 11.1. The van der Waals surface area contributed by atoms with Crippen LogP contribution in [0.4, 0.5) is 24.7 Å². The van der Waals surface area contributed by atoms with Crippen LogP contribution in [0.25, 0.3) is 0 Å². The highest BCUT2D eigenvalue weighted by Gasteiger charge is 2.31. The average Bonchev–Trinajstić information content (AvgIpc) is 2.39. The number of halogens is 4. The Morgan fingerprint density at radius 3 is 2.50 bits per heavy atom. The summed E-state index contributed by atoms with van der Waals surface area (Å²) in [5.41, 5.74) is 0.801. The van der Waals surface area contributed by atoms with Gasteiger partial charge in [-0.3, -0.25) is 0 Å². The number of benzene rings is 1. The number of nitrogens with zero attached hydrogens (tertiary/aromatic N) is 2. The van der Waals surface area contributed by atoms with Crippen LogP contribution in [0, 0.1) is 25.2 Å². The van der Waals surface area contributed by atoms with E-state index >= 15 is 0 Å². The SMILES string of the molecule is Cc1cc(C)c(C#N)c(Nc2cc(C(F)(F)F)ccc2Cl)n1. The molecule has 1 aromatic heterocycles. The number of hydrogen-bond donors (Lipinski definition) is 1. The van der Waals surface area contributed by atoms with Crippen molar-refractivity contribution in [1.82, 2.24) is 4.98 Å². The standard InChI is InChI=1S/C15H11ClF3N3/c1-8-5-9(2)21-14(11(8)7-20)22-13-6-10(15(17,18)19)3-4-12(13)16/h3-6H,1-2H3,(H,21,22). The molecule has 114 valence electrons. The summed E-state index contributed by atoms with van der Waals surface area (Å²) in [5, 5.41) is 12.0. The molecule has 2 rings (SSSR count). The second kappa shape index (κ2) is 5.85. The second-order valence-electron chi connectivity index (χ2n) is 4.73. The molecule has 0 bridgehead atoms. The lowest BCUT2D eigenvalue weighted by Crippen LogP contribution is -2.06. The Morgan fingerprint density at radius 2 is 1.91 bits per heavy atom. The van der Waals surface area contributed by atoms with Crippen molar-refractivity contribution < 1.29 is 13.2 Å². The molecule has 0 aliphatic carbocycles. The highest BCUT2D eigenvalue weighted by Crippen LogP contribution is 2.35. The number of alkyl halides is 3. The van der Waals surface area contributed by atoms with Crippen LogP contribution in [0.5, 0.6) is 0 Å². The summed E-state index contributed by atoms with van der Waals surface area (Å²) in [4.78, 5) is 4.16. The van der Waals surface area contributed by atoms with Crippen molar-refractivity contribution in [1.29, 1.82) is 5.26 Å². The van der Waals surface area contributed by atoms with Crippen LogP contribution in [0.1, 0.15) is 22.4 Å². The summed E-state index contributed by atoms with van der Waals surface area (Å²) in [6.07, 6.45) is -4.48. The van der Waals surface area contributed by atoms with E-state index in [0.717, 1.165) is 18.2 Å². The third-order valence-corrected chi connectivity index (χ3v) is 3.33. The summed E-state index contributed by atoms with van der Waals surface area (Å²) >= 11 is 5.93. The molecule has 0 amide bonds. The highest BCUT2D eigenvalue weighted by atomic mass is 35.5. The zero-order chi connectivity index (χ0) is 16.5. The van der Waals surface area contributed by atoms with Gasteiger partial charge in [0.05, 0.1) is 21.8 Å². The molecule has 1 heterocycles. The van der Waals surface area contributed by atoms with Gasteiger partial charge in [-0.05, 0) is 43.7 Å². The lowest BCUT2D eigenvalue weighted by atomic mass is 10.1. The molecule has 0 aliphatic heterocycles. The summed E-state index contributed by atoms with van der Waals surface area (Å²) in [6, 6.07) is 6.65. The van der Waals surface area contributed by atoms with Gasteiger partial charge in [-0.2, -0.15) is 18.4 Å². The Hall–Kier alpha value is -2.26. The molecule has 3 nitrogen and oxygen atoms in total. The quantitative estimate of drug-likeness (QED) is 0.846. The second-order valence-corrected chi connectivity index (χ2v) is 5.14. The van der Waals surface area contributed by atoms with E-state index < -0.39 is 11.7 Å². The number of aryl methyl sites for hydroxylation is 2. The van der Waals surface area contributed by atoms with Crippen LogP contribution in [0.2, 0.25) is 5.02 Å². The van der Waals surface area contributed by atoms with Crippen LogP contribution in [-0.4, -0.2) is 4.98 Å². The average molecular weight is 326 g/mol. The first-order chi connectivity index (χ1) is 10.2. The van der Waals surface area contributed by atoms with Crippen molar-refractivity contribution >= 4 is 23.1 Å². The lowest BCUT2D eigenvalue weighted by molar-refractivity contribution is -0.137. The molecule has 0 saturated heterocycles. The van der Waals surface area contributed by atoms with Crippen molar-refractivity contribution in [2.75, 3.05) is 5.32 Å². The Balaban J connectivity index is 2.50. The third-order valence-electron chi connectivity index (χ3n) is 3.00. The van der Waals surface area contributed by atoms with Gasteiger partial charge in [0, 0.05) is 5.69 Å². The minimum atomic E-state index is -4.48. The molecule has 0 aliphatic rings. The first-order valence-electron chi connectivity index (χ1n) is 6.24. The Labute approximate surface area is 130 Å². The Kier molecular flexibility index (Phi) is 4.29. The molecule has 0 radical (unpaired) electrons. The van der Waals surface area contributed by atoms with Gasteiger partial charge in [0.1, 0.15) is 11.9 Å². The van der Waals surface area contributed by atoms with Crippen LogP contribution in [0.3, 0.4) is 0 Å². The maximum Gasteiger partial charge on any atom is 0.416 e. The molecular formula is C15H11ClF3N3. The summed E-state index contributed by atoms with van der Waals surface area (Å²) in [7, 11) is 0. The van der Waals surface area contributed by atoms with Gasteiger partial charge in [0.25, 0.3) is 0 Å². The van der Waals surface area contributed by atoms with E-state index in [1.54, 1.807) is 19.9 Å². The molecule has 22 heavy (non-hydrogen) atoms. The van der Waals surface area contributed by atoms with E-state index in [4.69, 9.17) is 11.6 Å². The van der Waals surface area contributed by atoms with Crippen molar-refractivity contribution in [2.45, 2.75) is 20.0 Å². The van der Waals surface area contributed by atoms with Gasteiger partial charge in [0.15, 0.2) is 0 Å². The maximum absolute atomic E-state index is 12.8. The largest absolute Gasteiger partial charge is 0.416 e. The highest BCUT2D eigenvalue weighted by molar-refractivity contribution is 6.33. The van der Waals surface area contributed by atoms with Crippen molar-refractivity contribution in [3.63, 3.8) is 0 Å². The zero-order valence-corrected chi connectivity index (χ0v) is 12.5. The minimum absolute atomic E-state index is 0.0468. The Bertz CT molecular complexity index is 764. The van der Waals surface area contributed by atoms with Crippen LogP contribution in [-0.2, 0) is 6.18 Å². The van der Waals surface area contributed by atoms with Crippen molar-refractivity contribution in [2.24, 2.45) is 0 Å². The molecular weight excluding hydrogens is 315 g/mol. The molecule has 1 N–H and O–H groups in total. The van der Waals surface area contributed by atoms with Gasteiger partial charge in [-0.25, -0.2) is 4.98 Å². The minimum Gasteiger partial charge on any atom is -0.338 e. The molecule has 0 unspecified atom stereocenters. The van der Waals surface area contributed by atoms with Gasteiger partial charge >= 0.3 is 6.18 Å².